The molecule has 3 rings (SSSR count). The Labute approximate surface area is 139 Å². The number of aromatic nitrogens is 1. The van der Waals surface area contributed by atoms with Crippen LogP contribution < -0.4 is 10.2 Å². The van der Waals surface area contributed by atoms with Gasteiger partial charge in [0.05, 0.1) is 5.69 Å². The number of ether oxygens (including phenoxy) is 1. The van der Waals surface area contributed by atoms with Crippen LogP contribution in [0.25, 0.3) is 0 Å². The molecule has 24 heavy (non-hydrogen) atoms. The van der Waals surface area contributed by atoms with Gasteiger partial charge in [-0.3, -0.25) is 4.79 Å². The fourth-order valence-electron chi connectivity index (χ4n) is 2.59. The van der Waals surface area contributed by atoms with Gasteiger partial charge in [0.15, 0.2) is 6.61 Å². The number of hydrogen-bond donors (Lipinski definition) is 1. The number of anilines is 2. The van der Waals surface area contributed by atoms with Crippen LogP contribution in [0.4, 0.5) is 11.4 Å². The van der Waals surface area contributed by atoms with E-state index in [2.05, 4.69) is 15.4 Å². The first-order chi connectivity index (χ1) is 11.6. The Morgan fingerprint density at radius 2 is 1.96 bits per heavy atom. The monoisotopic (exact) mass is 329 g/mol. The molecule has 1 amide bonds. The standard InChI is InChI=1S/C17H19N3O4/c1-12-10-15(24-19-12)17(22)23-11-16(21)18-13-4-6-14(7-5-13)20-8-2-3-9-20/h4-7,10H,2-3,8-9,11H2,1H3,(H,18,21). The lowest BCUT2D eigenvalue weighted by Crippen LogP contribution is -2.21. The van der Waals surface area contributed by atoms with Crippen molar-refractivity contribution in [1.82, 2.24) is 5.16 Å². The van der Waals surface area contributed by atoms with Crippen LogP contribution in [0.5, 0.6) is 0 Å². The maximum atomic E-state index is 11.8. The molecule has 0 radical (unpaired) electrons. The smallest absolute Gasteiger partial charge is 0.377 e. The van der Waals surface area contributed by atoms with Gasteiger partial charge in [0.1, 0.15) is 0 Å². The first-order valence-corrected chi connectivity index (χ1v) is 7.87. The zero-order valence-electron chi connectivity index (χ0n) is 13.4. The molecule has 0 saturated carbocycles. The molecule has 1 fully saturated rings. The summed E-state index contributed by atoms with van der Waals surface area (Å²) in [7, 11) is 0. The molecule has 1 aliphatic rings. The summed E-state index contributed by atoms with van der Waals surface area (Å²) in [5.41, 5.74) is 2.39. The van der Waals surface area contributed by atoms with Gasteiger partial charge in [-0.15, -0.1) is 0 Å². The van der Waals surface area contributed by atoms with Crippen LogP contribution in [-0.2, 0) is 9.53 Å². The van der Waals surface area contributed by atoms with E-state index in [1.54, 1.807) is 6.92 Å². The highest BCUT2D eigenvalue weighted by atomic mass is 16.6. The molecule has 7 heteroatoms. The van der Waals surface area contributed by atoms with E-state index in [0.717, 1.165) is 18.8 Å². The molecule has 2 heterocycles. The maximum Gasteiger partial charge on any atom is 0.377 e. The van der Waals surface area contributed by atoms with Gasteiger partial charge in [-0.05, 0) is 44.0 Å². The maximum absolute atomic E-state index is 11.8. The Bertz CT molecular complexity index is 718. The molecule has 7 nitrogen and oxygen atoms in total. The Morgan fingerprint density at radius 1 is 1.25 bits per heavy atom. The number of rotatable bonds is 5. The topological polar surface area (TPSA) is 84.7 Å². The summed E-state index contributed by atoms with van der Waals surface area (Å²) in [5.74, 6) is -1.14. The Kier molecular flexibility index (Phi) is 4.79. The zero-order chi connectivity index (χ0) is 16.9. The number of amides is 1. The lowest BCUT2D eigenvalue weighted by atomic mass is 10.2. The number of benzene rings is 1. The molecule has 1 aromatic carbocycles. The largest absolute Gasteiger partial charge is 0.450 e. The van der Waals surface area contributed by atoms with Gasteiger partial charge in [0, 0.05) is 30.5 Å². The molecule has 1 aliphatic heterocycles. The predicted molar refractivity (Wildman–Crippen MR) is 88.0 cm³/mol. The summed E-state index contributed by atoms with van der Waals surface area (Å²) >= 11 is 0. The van der Waals surface area contributed by atoms with Crippen LogP contribution in [0.15, 0.2) is 34.9 Å². The van der Waals surface area contributed by atoms with E-state index >= 15 is 0 Å². The van der Waals surface area contributed by atoms with Gasteiger partial charge in [-0.2, -0.15) is 0 Å². The van der Waals surface area contributed by atoms with Crippen LogP contribution in [0.3, 0.4) is 0 Å². The van der Waals surface area contributed by atoms with Gasteiger partial charge in [0.2, 0.25) is 5.76 Å². The van der Waals surface area contributed by atoms with Gasteiger partial charge in [0.25, 0.3) is 5.91 Å². The van der Waals surface area contributed by atoms with Gasteiger partial charge >= 0.3 is 5.97 Å². The summed E-state index contributed by atoms with van der Waals surface area (Å²) in [5, 5.41) is 6.28. The van der Waals surface area contributed by atoms with Crippen LogP contribution in [0.2, 0.25) is 0 Å². The number of carbonyl (C=O) groups excluding carboxylic acids is 2. The summed E-state index contributed by atoms with van der Waals surface area (Å²) < 4.78 is 9.67. The quantitative estimate of drug-likeness (QED) is 0.848. The minimum absolute atomic E-state index is 0.0183. The third-order valence-electron chi connectivity index (χ3n) is 3.79. The fraction of sp³-hybridized carbons (Fsp3) is 0.353. The van der Waals surface area contributed by atoms with Crippen molar-refractivity contribution in [2.45, 2.75) is 19.8 Å². The summed E-state index contributed by atoms with van der Waals surface area (Å²) in [6.07, 6.45) is 2.43. The minimum Gasteiger partial charge on any atom is -0.450 e. The van der Waals surface area contributed by atoms with Gasteiger partial charge in [-0.1, -0.05) is 5.16 Å². The predicted octanol–water partition coefficient (Wildman–Crippen LogP) is 2.38. The number of nitrogens with zero attached hydrogens (tertiary/aromatic N) is 2. The van der Waals surface area contributed by atoms with E-state index in [1.807, 2.05) is 24.3 Å². The number of hydrogen-bond acceptors (Lipinski definition) is 6. The van der Waals surface area contributed by atoms with Crippen LogP contribution in [0, 0.1) is 6.92 Å². The second-order valence-corrected chi connectivity index (χ2v) is 5.70. The molecule has 1 aromatic heterocycles. The van der Waals surface area contributed by atoms with Crippen molar-refractivity contribution in [2.75, 3.05) is 29.9 Å². The second-order valence-electron chi connectivity index (χ2n) is 5.70. The molecule has 0 bridgehead atoms. The Balaban J connectivity index is 1.48. The lowest BCUT2D eigenvalue weighted by molar-refractivity contribution is -0.119. The van der Waals surface area contributed by atoms with Gasteiger partial charge in [-0.25, -0.2) is 4.79 Å². The highest BCUT2D eigenvalue weighted by molar-refractivity contribution is 5.94. The first-order valence-electron chi connectivity index (χ1n) is 7.87. The average Bonchev–Trinajstić information content (AvgIpc) is 3.25. The van der Waals surface area contributed by atoms with E-state index in [-0.39, 0.29) is 12.4 Å². The summed E-state index contributed by atoms with van der Waals surface area (Å²) in [4.78, 5) is 25.8. The average molecular weight is 329 g/mol. The molecular formula is C17H19N3O4. The normalized spacial score (nSPS) is 13.8. The third-order valence-corrected chi connectivity index (χ3v) is 3.79. The van der Waals surface area contributed by atoms with E-state index < -0.39 is 11.9 Å². The Morgan fingerprint density at radius 3 is 2.58 bits per heavy atom. The van der Waals surface area contributed by atoms with Crippen molar-refractivity contribution in [3.05, 3.63) is 41.8 Å². The van der Waals surface area contributed by atoms with Crippen LogP contribution >= 0.6 is 0 Å². The molecule has 0 spiro atoms. The summed E-state index contributed by atoms with van der Waals surface area (Å²) in [6.45, 7) is 3.46. The third kappa shape index (κ3) is 3.92. The highest BCUT2D eigenvalue weighted by Crippen LogP contribution is 2.22. The molecule has 0 aliphatic carbocycles. The number of esters is 1. The van der Waals surface area contributed by atoms with Crippen molar-refractivity contribution < 1.29 is 18.8 Å². The SMILES string of the molecule is Cc1cc(C(=O)OCC(=O)Nc2ccc(N3CCCC3)cc2)on1. The Hall–Kier alpha value is -2.83. The van der Waals surface area contributed by atoms with Crippen molar-refractivity contribution in [1.29, 1.82) is 0 Å². The molecule has 1 N–H and O–H groups in total. The van der Waals surface area contributed by atoms with Crippen LogP contribution in [-0.4, -0.2) is 36.7 Å². The first kappa shape index (κ1) is 16.0. The van der Waals surface area contributed by atoms with Crippen molar-refractivity contribution in [2.24, 2.45) is 0 Å². The molecule has 0 atom stereocenters. The molecule has 1 saturated heterocycles. The number of carbonyl (C=O) groups is 2. The number of aryl methyl sites for hydroxylation is 1. The lowest BCUT2D eigenvalue weighted by Gasteiger charge is -2.17. The highest BCUT2D eigenvalue weighted by Gasteiger charge is 2.15. The minimum atomic E-state index is -0.713. The van der Waals surface area contributed by atoms with Crippen molar-refractivity contribution in [3.8, 4) is 0 Å². The fourth-order valence-corrected chi connectivity index (χ4v) is 2.59. The van der Waals surface area contributed by atoms with E-state index in [0.29, 0.717) is 11.4 Å². The molecule has 126 valence electrons. The summed E-state index contributed by atoms with van der Waals surface area (Å²) in [6, 6.07) is 9.09. The second kappa shape index (κ2) is 7.16. The zero-order valence-corrected chi connectivity index (χ0v) is 13.4. The molecular weight excluding hydrogens is 310 g/mol. The van der Waals surface area contributed by atoms with E-state index in [9.17, 15) is 9.59 Å². The van der Waals surface area contributed by atoms with Crippen LogP contribution in [0.1, 0.15) is 29.1 Å². The molecule has 2 aromatic rings. The van der Waals surface area contributed by atoms with Gasteiger partial charge < -0.3 is 19.5 Å². The molecule has 0 unspecified atom stereocenters. The number of nitrogens with one attached hydrogen (secondary N) is 1. The van der Waals surface area contributed by atoms with Crippen molar-refractivity contribution >= 4 is 23.3 Å². The van der Waals surface area contributed by atoms with Crippen molar-refractivity contribution in [3.63, 3.8) is 0 Å². The van der Waals surface area contributed by atoms with E-state index in [4.69, 9.17) is 9.26 Å². The van der Waals surface area contributed by atoms with E-state index in [1.165, 1.54) is 18.9 Å².